The van der Waals surface area contributed by atoms with Gasteiger partial charge in [-0.25, -0.2) is 9.13 Å². The molecular formula is C78H152O17P2. The van der Waals surface area contributed by atoms with Gasteiger partial charge in [0.15, 0.2) is 12.2 Å². The minimum Gasteiger partial charge on any atom is -0.462 e. The molecule has 0 aliphatic rings. The smallest absolute Gasteiger partial charge is 0.462 e. The van der Waals surface area contributed by atoms with Crippen LogP contribution in [0.1, 0.15) is 396 Å². The number of esters is 4. The summed E-state index contributed by atoms with van der Waals surface area (Å²) in [6.45, 7) is 14.2. The monoisotopic (exact) mass is 1420 g/mol. The summed E-state index contributed by atoms with van der Waals surface area (Å²) < 4.78 is 68.6. The number of unbranched alkanes of at least 4 members (excludes halogenated alkanes) is 39. The zero-order chi connectivity index (χ0) is 71.7. The first kappa shape index (κ1) is 95.1. The third-order valence-electron chi connectivity index (χ3n) is 18.8. The molecule has 0 aliphatic carbocycles. The van der Waals surface area contributed by atoms with Gasteiger partial charge in [-0.15, -0.1) is 0 Å². The number of hydrogen-bond donors (Lipinski definition) is 3. The number of ether oxygens (including phenoxy) is 4. The molecule has 97 heavy (non-hydrogen) atoms. The Hall–Kier alpha value is -1.94. The molecule has 0 heterocycles. The van der Waals surface area contributed by atoms with Crippen molar-refractivity contribution in [1.82, 2.24) is 0 Å². The first-order valence-corrected chi connectivity index (χ1v) is 43.3. The van der Waals surface area contributed by atoms with Crippen molar-refractivity contribution in [1.29, 1.82) is 0 Å². The van der Waals surface area contributed by atoms with Crippen LogP contribution in [0.5, 0.6) is 0 Å². The summed E-state index contributed by atoms with van der Waals surface area (Å²) in [7, 11) is -9.92. The number of carbonyl (C=O) groups excluding carboxylic acids is 4. The van der Waals surface area contributed by atoms with E-state index in [1.54, 1.807) is 0 Å². The molecule has 0 spiro atoms. The lowest BCUT2D eigenvalue weighted by Gasteiger charge is -2.21. The maximum Gasteiger partial charge on any atom is 0.472 e. The number of hydrogen-bond acceptors (Lipinski definition) is 15. The predicted octanol–water partition coefficient (Wildman–Crippen LogP) is 22.8. The molecule has 0 amide bonds. The second-order valence-electron chi connectivity index (χ2n) is 29.5. The Balaban J connectivity index is 5.24. The van der Waals surface area contributed by atoms with Gasteiger partial charge >= 0.3 is 39.5 Å². The van der Waals surface area contributed by atoms with Gasteiger partial charge in [-0.05, 0) is 49.4 Å². The fourth-order valence-electron chi connectivity index (χ4n) is 11.8. The SMILES string of the molecule is CCC(C)CCCCCCCCCCC(=O)OC[C@H](COP(=O)(O)OC[C@@H](O)COP(=O)(O)OC[C@@H](COC(=O)CCCCCCCCC(C)CC)OC(=O)CCCCCCCCCCCCCCCC(C)C)OC(=O)CCCCCCCCCCCCCCCCCCC(C)C. The Bertz CT molecular complexity index is 1910. The van der Waals surface area contributed by atoms with Crippen LogP contribution in [-0.2, 0) is 65.4 Å². The lowest BCUT2D eigenvalue weighted by Crippen LogP contribution is -2.30. The zero-order valence-electron chi connectivity index (χ0n) is 63.7. The van der Waals surface area contributed by atoms with Crippen molar-refractivity contribution in [2.75, 3.05) is 39.6 Å². The molecule has 17 nitrogen and oxygen atoms in total. The predicted molar refractivity (Wildman–Crippen MR) is 395 cm³/mol. The molecule has 19 heteroatoms. The third-order valence-corrected chi connectivity index (χ3v) is 20.7. The van der Waals surface area contributed by atoms with Crippen LogP contribution in [0.2, 0.25) is 0 Å². The van der Waals surface area contributed by atoms with E-state index >= 15 is 0 Å². The molecule has 0 saturated heterocycles. The summed E-state index contributed by atoms with van der Waals surface area (Å²) in [4.78, 5) is 72.9. The molecule has 576 valence electrons. The Morgan fingerprint density at radius 1 is 0.289 bits per heavy atom. The average Bonchev–Trinajstić information content (AvgIpc) is 1.19. The maximum atomic E-state index is 13.1. The van der Waals surface area contributed by atoms with Crippen LogP contribution in [0, 0.1) is 23.7 Å². The second-order valence-corrected chi connectivity index (χ2v) is 32.4. The normalized spacial score (nSPS) is 14.6. The highest BCUT2D eigenvalue weighted by Gasteiger charge is 2.30. The third kappa shape index (κ3) is 69.5. The summed E-state index contributed by atoms with van der Waals surface area (Å²) >= 11 is 0. The van der Waals surface area contributed by atoms with Gasteiger partial charge in [-0.1, -0.05) is 344 Å². The molecule has 0 aromatic carbocycles. The largest absolute Gasteiger partial charge is 0.472 e. The van der Waals surface area contributed by atoms with E-state index in [4.69, 9.17) is 37.0 Å². The van der Waals surface area contributed by atoms with Crippen molar-refractivity contribution in [3.63, 3.8) is 0 Å². The summed E-state index contributed by atoms with van der Waals surface area (Å²) in [5.41, 5.74) is 0. The fraction of sp³-hybridized carbons (Fsp3) is 0.949. The van der Waals surface area contributed by atoms with Gasteiger partial charge in [-0.3, -0.25) is 37.3 Å². The van der Waals surface area contributed by atoms with Crippen molar-refractivity contribution in [3.8, 4) is 0 Å². The molecule has 0 fully saturated rings. The van der Waals surface area contributed by atoms with Gasteiger partial charge in [0, 0.05) is 25.7 Å². The molecule has 0 aliphatic heterocycles. The highest BCUT2D eigenvalue weighted by molar-refractivity contribution is 7.47. The van der Waals surface area contributed by atoms with Crippen LogP contribution in [0.25, 0.3) is 0 Å². The lowest BCUT2D eigenvalue weighted by atomic mass is 9.99. The lowest BCUT2D eigenvalue weighted by molar-refractivity contribution is -0.161. The maximum absolute atomic E-state index is 13.1. The number of aliphatic hydroxyl groups excluding tert-OH is 1. The Morgan fingerprint density at radius 2 is 0.495 bits per heavy atom. The molecule has 0 radical (unpaired) electrons. The van der Waals surface area contributed by atoms with Gasteiger partial charge in [0.1, 0.15) is 19.3 Å². The molecular weight excluding hydrogens is 1270 g/mol. The number of carbonyl (C=O) groups is 4. The van der Waals surface area contributed by atoms with Crippen LogP contribution >= 0.6 is 15.6 Å². The molecule has 0 aromatic rings. The van der Waals surface area contributed by atoms with E-state index < -0.39 is 97.5 Å². The van der Waals surface area contributed by atoms with E-state index in [-0.39, 0.29) is 25.7 Å². The van der Waals surface area contributed by atoms with Crippen LogP contribution < -0.4 is 0 Å². The average molecular weight is 1420 g/mol. The topological polar surface area (TPSA) is 237 Å². The molecule has 3 N–H and O–H groups in total. The van der Waals surface area contributed by atoms with Crippen molar-refractivity contribution in [2.45, 2.75) is 414 Å². The number of phosphoric ester groups is 2. The van der Waals surface area contributed by atoms with E-state index in [9.17, 15) is 43.2 Å². The Labute approximate surface area is 594 Å². The number of rotatable bonds is 75. The molecule has 0 bridgehead atoms. The Kier molecular flexibility index (Phi) is 65.9. The molecule has 0 aromatic heterocycles. The summed E-state index contributed by atoms with van der Waals surface area (Å²) in [5, 5.41) is 10.6. The summed E-state index contributed by atoms with van der Waals surface area (Å²) in [5.74, 6) is 0.985. The quantitative estimate of drug-likeness (QED) is 0.0222. The van der Waals surface area contributed by atoms with Gasteiger partial charge in [-0.2, -0.15) is 0 Å². The van der Waals surface area contributed by atoms with E-state index in [0.29, 0.717) is 25.7 Å². The van der Waals surface area contributed by atoms with Gasteiger partial charge in [0.25, 0.3) is 0 Å². The van der Waals surface area contributed by atoms with Gasteiger partial charge in [0.05, 0.1) is 26.4 Å². The second kappa shape index (κ2) is 67.2. The van der Waals surface area contributed by atoms with E-state index in [1.807, 2.05) is 0 Å². The first-order valence-electron chi connectivity index (χ1n) is 40.3. The molecule has 4 unspecified atom stereocenters. The highest BCUT2D eigenvalue weighted by atomic mass is 31.2. The van der Waals surface area contributed by atoms with Crippen LogP contribution in [0.15, 0.2) is 0 Å². The summed E-state index contributed by atoms with van der Waals surface area (Å²) in [6.07, 6.45) is 52.7. The highest BCUT2D eigenvalue weighted by Crippen LogP contribution is 2.45. The van der Waals surface area contributed by atoms with Crippen molar-refractivity contribution >= 4 is 39.5 Å². The minimum atomic E-state index is -4.96. The number of phosphoric acid groups is 2. The van der Waals surface area contributed by atoms with Gasteiger partial charge in [0.2, 0.25) is 0 Å². The van der Waals surface area contributed by atoms with Crippen LogP contribution in [0.4, 0.5) is 0 Å². The van der Waals surface area contributed by atoms with E-state index in [2.05, 4.69) is 55.4 Å². The van der Waals surface area contributed by atoms with Crippen LogP contribution in [-0.4, -0.2) is 96.7 Å². The summed E-state index contributed by atoms with van der Waals surface area (Å²) in [6, 6.07) is 0. The number of aliphatic hydroxyl groups is 1. The molecule has 0 rings (SSSR count). The minimum absolute atomic E-state index is 0.106. The first-order chi connectivity index (χ1) is 46.7. The van der Waals surface area contributed by atoms with Gasteiger partial charge < -0.3 is 33.8 Å². The van der Waals surface area contributed by atoms with E-state index in [0.717, 1.165) is 120 Å². The van der Waals surface area contributed by atoms with Crippen molar-refractivity contribution in [3.05, 3.63) is 0 Å². The van der Waals surface area contributed by atoms with E-state index in [1.165, 1.54) is 193 Å². The molecule has 0 saturated carbocycles. The molecule has 7 atom stereocenters. The standard InChI is InChI=1S/C78H152O17P2/c1-9-70(7)56-48-40-32-28-29-33-42-50-58-75(80)88-64-73(94-77(82)60-52-44-34-26-22-18-14-12-11-13-16-20-24-30-38-46-54-68(3)4)66-92-96(84,85)90-62-72(79)63-91-97(86,87)93-67-74(65-89-76(81)59-51-43-37-36-41-49-57-71(8)10-2)95-78(83)61-53-45-35-27-23-19-15-17-21-25-31-39-47-55-69(5)6/h68-74,79H,9-67H2,1-8H3,(H,84,85)(H,86,87)/t70?,71?,72-,73-,74-/m1/s1. The van der Waals surface area contributed by atoms with Crippen molar-refractivity contribution < 1.29 is 80.2 Å². The zero-order valence-corrected chi connectivity index (χ0v) is 65.5. The Morgan fingerprint density at radius 3 is 0.732 bits per heavy atom. The van der Waals surface area contributed by atoms with Crippen molar-refractivity contribution in [2.24, 2.45) is 23.7 Å². The van der Waals surface area contributed by atoms with Crippen LogP contribution in [0.3, 0.4) is 0 Å². The fourth-order valence-corrected chi connectivity index (χ4v) is 13.4.